The van der Waals surface area contributed by atoms with E-state index in [-0.39, 0.29) is 0 Å². The number of nitrogens with two attached hydrogens (primary N) is 1. The number of nitrogen functional groups attached to an aromatic ring is 1. The van der Waals surface area contributed by atoms with Crippen LogP contribution in [0.2, 0.25) is 15.1 Å². The Labute approximate surface area is 108 Å². The molecule has 0 aliphatic rings. The molecule has 2 rings (SSSR count). The maximum absolute atomic E-state index is 6.08. The van der Waals surface area contributed by atoms with Crippen molar-refractivity contribution in [2.24, 2.45) is 0 Å². The fourth-order valence-corrected chi connectivity index (χ4v) is 2.41. The summed E-state index contributed by atoms with van der Waals surface area (Å²) in [6.07, 6.45) is 1.62. The van der Waals surface area contributed by atoms with Crippen LogP contribution in [-0.2, 0) is 0 Å². The van der Waals surface area contributed by atoms with Gasteiger partial charge >= 0.3 is 0 Å². The van der Waals surface area contributed by atoms with Crippen molar-refractivity contribution in [3.63, 3.8) is 0 Å². The van der Waals surface area contributed by atoms with Crippen molar-refractivity contribution in [2.75, 3.05) is 5.73 Å². The van der Waals surface area contributed by atoms with Crippen molar-refractivity contribution in [1.82, 2.24) is 4.98 Å². The molecule has 1 aromatic heterocycles. The molecule has 0 saturated carbocycles. The highest BCUT2D eigenvalue weighted by Crippen LogP contribution is 2.36. The molecular formula is C11H7Cl3N2. The predicted octanol–water partition coefficient (Wildman–Crippen LogP) is 4.29. The van der Waals surface area contributed by atoms with Crippen LogP contribution in [0, 0.1) is 0 Å². The van der Waals surface area contributed by atoms with E-state index in [4.69, 9.17) is 40.5 Å². The van der Waals surface area contributed by atoms with Crippen molar-refractivity contribution < 1.29 is 0 Å². The standard InChI is InChI=1S/C11H7Cl3N2/c12-7-3-8(13)11(9(14)4-7)6-1-2-10(15)16-5-6/h1-5H,(H2,15,16). The molecule has 5 heteroatoms. The van der Waals surface area contributed by atoms with Gasteiger partial charge < -0.3 is 5.73 Å². The lowest BCUT2D eigenvalue weighted by Crippen LogP contribution is -1.90. The van der Waals surface area contributed by atoms with Gasteiger partial charge in [0, 0.05) is 22.3 Å². The summed E-state index contributed by atoms with van der Waals surface area (Å²) < 4.78 is 0. The minimum atomic E-state index is 0.449. The van der Waals surface area contributed by atoms with Gasteiger partial charge in [0.1, 0.15) is 5.82 Å². The topological polar surface area (TPSA) is 38.9 Å². The first-order chi connectivity index (χ1) is 7.58. The molecule has 0 radical (unpaired) electrons. The van der Waals surface area contributed by atoms with Crippen molar-refractivity contribution >= 4 is 40.6 Å². The second kappa shape index (κ2) is 4.50. The van der Waals surface area contributed by atoms with Gasteiger partial charge in [0.2, 0.25) is 0 Å². The van der Waals surface area contributed by atoms with Gasteiger partial charge in [0.25, 0.3) is 0 Å². The molecule has 2 nitrogen and oxygen atoms in total. The average Bonchev–Trinajstić information content (AvgIpc) is 2.19. The zero-order chi connectivity index (χ0) is 11.7. The van der Waals surface area contributed by atoms with Crippen LogP contribution in [0.5, 0.6) is 0 Å². The summed E-state index contributed by atoms with van der Waals surface area (Å²) in [5.74, 6) is 0.449. The highest BCUT2D eigenvalue weighted by molar-refractivity contribution is 6.41. The Bertz CT molecular complexity index is 500. The fourth-order valence-electron chi connectivity index (χ4n) is 1.37. The van der Waals surface area contributed by atoms with E-state index in [9.17, 15) is 0 Å². The molecule has 0 bridgehead atoms. The number of hydrogen-bond acceptors (Lipinski definition) is 2. The SMILES string of the molecule is Nc1ccc(-c2c(Cl)cc(Cl)cc2Cl)cn1. The molecule has 0 fully saturated rings. The summed E-state index contributed by atoms with van der Waals surface area (Å²) in [6.45, 7) is 0. The number of rotatable bonds is 1. The zero-order valence-electron chi connectivity index (χ0n) is 8.05. The molecule has 82 valence electrons. The number of hydrogen-bond donors (Lipinski definition) is 1. The molecular weight excluding hydrogens is 266 g/mol. The highest BCUT2D eigenvalue weighted by Gasteiger charge is 2.10. The molecule has 2 N–H and O–H groups in total. The highest BCUT2D eigenvalue weighted by atomic mass is 35.5. The van der Waals surface area contributed by atoms with E-state index in [0.717, 1.165) is 5.56 Å². The molecule has 0 aliphatic carbocycles. The third-order valence-electron chi connectivity index (χ3n) is 2.08. The Morgan fingerprint density at radius 3 is 2.12 bits per heavy atom. The summed E-state index contributed by atoms with van der Waals surface area (Å²) in [5, 5.41) is 1.48. The predicted molar refractivity (Wildman–Crippen MR) is 69.1 cm³/mol. The number of nitrogens with zero attached hydrogens (tertiary/aromatic N) is 1. The van der Waals surface area contributed by atoms with Gasteiger partial charge in [0.15, 0.2) is 0 Å². The molecule has 0 spiro atoms. The molecule has 16 heavy (non-hydrogen) atoms. The zero-order valence-corrected chi connectivity index (χ0v) is 10.3. The minimum absolute atomic E-state index is 0.449. The molecule has 1 aromatic carbocycles. The largest absolute Gasteiger partial charge is 0.384 e. The van der Waals surface area contributed by atoms with E-state index in [2.05, 4.69) is 4.98 Å². The van der Waals surface area contributed by atoms with Gasteiger partial charge in [-0.3, -0.25) is 0 Å². The number of benzene rings is 1. The van der Waals surface area contributed by atoms with Crippen LogP contribution in [0.1, 0.15) is 0 Å². The van der Waals surface area contributed by atoms with Gasteiger partial charge in [-0.25, -0.2) is 4.98 Å². The van der Waals surface area contributed by atoms with Crippen LogP contribution < -0.4 is 5.73 Å². The summed E-state index contributed by atoms with van der Waals surface area (Å²) >= 11 is 18.0. The van der Waals surface area contributed by atoms with Crippen LogP contribution in [0.3, 0.4) is 0 Å². The van der Waals surface area contributed by atoms with Crippen LogP contribution in [0.15, 0.2) is 30.5 Å². The number of anilines is 1. The van der Waals surface area contributed by atoms with Gasteiger partial charge in [-0.05, 0) is 24.3 Å². The third kappa shape index (κ3) is 2.24. The van der Waals surface area contributed by atoms with E-state index in [1.807, 2.05) is 6.07 Å². The third-order valence-corrected chi connectivity index (χ3v) is 2.90. The molecule has 0 saturated heterocycles. The monoisotopic (exact) mass is 272 g/mol. The van der Waals surface area contributed by atoms with Crippen molar-refractivity contribution in [1.29, 1.82) is 0 Å². The smallest absolute Gasteiger partial charge is 0.123 e. The van der Waals surface area contributed by atoms with E-state index in [1.54, 1.807) is 24.4 Å². The lowest BCUT2D eigenvalue weighted by molar-refractivity contribution is 1.34. The van der Waals surface area contributed by atoms with Gasteiger partial charge in [-0.2, -0.15) is 0 Å². The number of pyridine rings is 1. The lowest BCUT2D eigenvalue weighted by Gasteiger charge is -2.07. The molecule has 2 aromatic rings. The van der Waals surface area contributed by atoms with Gasteiger partial charge in [0.05, 0.1) is 10.0 Å². The Morgan fingerprint density at radius 2 is 1.62 bits per heavy atom. The number of halogens is 3. The van der Waals surface area contributed by atoms with Crippen LogP contribution in [0.4, 0.5) is 5.82 Å². The Hall–Kier alpha value is -0.960. The number of aromatic nitrogens is 1. The Balaban J connectivity index is 2.60. The molecule has 0 amide bonds. The summed E-state index contributed by atoms with van der Waals surface area (Å²) in [5.41, 5.74) is 7.02. The summed E-state index contributed by atoms with van der Waals surface area (Å²) in [4.78, 5) is 3.99. The van der Waals surface area contributed by atoms with Crippen LogP contribution >= 0.6 is 34.8 Å². The molecule has 1 heterocycles. The molecule has 0 unspecified atom stereocenters. The lowest BCUT2D eigenvalue weighted by atomic mass is 10.1. The fraction of sp³-hybridized carbons (Fsp3) is 0. The summed E-state index contributed by atoms with van der Waals surface area (Å²) in [7, 11) is 0. The first-order valence-corrected chi connectivity index (χ1v) is 5.58. The second-order valence-electron chi connectivity index (χ2n) is 3.22. The normalized spacial score (nSPS) is 10.4. The van der Waals surface area contributed by atoms with Crippen LogP contribution in [-0.4, -0.2) is 4.98 Å². The average molecular weight is 274 g/mol. The van der Waals surface area contributed by atoms with E-state index in [0.29, 0.717) is 26.4 Å². The van der Waals surface area contributed by atoms with Gasteiger partial charge in [-0.15, -0.1) is 0 Å². The first-order valence-electron chi connectivity index (χ1n) is 4.44. The first kappa shape index (κ1) is 11.5. The Morgan fingerprint density at radius 1 is 1.00 bits per heavy atom. The maximum atomic E-state index is 6.08. The van der Waals surface area contributed by atoms with E-state index in [1.165, 1.54) is 0 Å². The molecule has 0 aliphatic heterocycles. The maximum Gasteiger partial charge on any atom is 0.123 e. The summed E-state index contributed by atoms with van der Waals surface area (Å²) in [6, 6.07) is 6.78. The minimum Gasteiger partial charge on any atom is -0.384 e. The quantitative estimate of drug-likeness (QED) is 0.842. The van der Waals surface area contributed by atoms with Crippen LogP contribution in [0.25, 0.3) is 11.1 Å². The van der Waals surface area contributed by atoms with Crippen molar-refractivity contribution in [3.8, 4) is 11.1 Å². The van der Waals surface area contributed by atoms with E-state index < -0.39 is 0 Å². The van der Waals surface area contributed by atoms with Crippen molar-refractivity contribution in [3.05, 3.63) is 45.5 Å². The van der Waals surface area contributed by atoms with E-state index >= 15 is 0 Å². The Kier molecular flexibility index (Phi) is 3.24. The molecule has 0 atom stereocenters. The van der Waals surface area contributed by atoms with Gasteiger partial charge in [-0.1, -0.05) is 34.8 Å². The second-order valence-corrected chi connectivity index (χ2v) is 4.47. The van der Waals surface area contributed by atoms with Crippen molar-refractivity contribution in [2.45, 2.75) is 0 Å².